The molecule has 0 unspecified atom stereocenters. The number of hydrogen-bond donors (Lipinski definition) is 2. The molecule has 0 aliphatic carbocycles. The van der Waals surface area contributed by atoms with E-state index in [2.05, 4.69) is 5.32 Å². The average Bonchev–Trinajstić information content (AvgIpc) is 3.17. The highest BCUT2D eigenvalue weighted by Gasteiger charge is 2.34. The molecule has 0 fully saturated rings. The third kappa shape index (κ3) is 2.97. The zero-order chi connectivity index (χ0) is 19.0. The highest BCUT2D eigenvalue weighted by molar-refractivity contribution is 6.01. The monoisotopic (exact) mass is 365 g/mol. The Kier molecular flexibility index (Phi) is 4.00. The van der Waals surface area contributed by atoms with E-state index in [1.54, 1.807) is 42.5 Å². The van der Waals surface area contributed by atoms with Gasteiger partial charge in [0.2, 0.25) is 0 Å². The van der Waals surface area contributed by atoms with Crippen LogP contribution < -0.4 is 5.32 Å². The number of phenolic OH excluding ortho intramolecular Hbond substituents is 1. The Morgan fingerprint density at radius 2 is 2.00 bits per heavy atom. The third-order valence-electron chi connectivity index (χ3n) is 4.44. The smallest absolute Gasteiger partial charge is 0.311 e. The molecule has 0 saturated carbocycles. The number of para-hydroxylation sites is 1. The van der Waals surface area contributed by atoms with Gasteiger partial charge in [-0.3, -0.25) is 14.9 Å². The van der Waals surface area contributed by atoms with Gasteiger partial charge in [0.1, 0.15) is 11.9 Å². The number of amides is 1. The molecule has 2 N–H and O–H groups in total. The van der Waals surface area contributed by atoms with Gasteiger partial charge in [-0.2, -0.15) is 0 Å². The maximum atomic E-state index is 13.1. The fourth-order valence-electron chi connectivity index (χ4n) is 3.15. The van der Waals surface area contributed by atoms with Crippen LogP contribution in [0.25, 0.3) is 0 Å². The quantitative estimate of drug-likeness (QED) is 0.539. The van der Waals surface area contributed by atoms with Crippen molar-refractivity contribution in [2.75, 3.05) is 5.32 Å². The Bertz CT molecular complexity index is 1020. The fourth-order valence-corrected chi connectivity index (χ4v) is 3.15. The number of nitro groups is 1. The van der Waals surface area contributed by atoms with Gasteiger partial charge in [-0.15, -0.1) is 0 Å². The molecule has 3 aromatic rings. The van der Waals surface area contributed by atoms with Crippen LogP contribution in [0.4, 0.5) is 11.4 Å². The van der Waals surface area contributed by atoms with Crippen LogP contribution in [-0.4, -0.2) is 20.8 Å². The molecule has 0 bridgehead atoms. The molecule has 2 aromatic carbocycles. The second-order valence-electron chi connectivity index (χ2n) is 6.11. The van der Waals surface area contributed by atoms with E-state index in [-0.39, 0.29) is 12.5 Å². The molecule has 2 heterocycles. The molecule has 136 valence electrons. The minimum absolute atomic E-state index is 0.187. The van der Waals surface area contributed by atoms with E-state index in [1.807, 2.05) is 0 Å². The maximum absolute atomic E-state index is 13.1. The van der Waals surface area contributed by atoms with Crippen LogP contribution in [-0.2, 0) is 6.54 Å². The van der Waals surface area contributed by atoms with E-state index in [0.717, 1.165) is 0 Å². The molecular weight excluding hydrogens is 350 g/mol. The van der Waals surface area contributed by atoms with Gasteiger partial charge in [-0.25, -0.2) is 0 Å². The van der Waals surface area contributed by atoms with Crippen LogP contribution >= 0.6 is 0 Å². The second kappa shape index (κ2) is 6.49. The number of carbonyl (C=O) groups is 1. The van der Waals surface area contributed by atoms with Crippen molar-refractivity contribution >= 4 is 17.3 Å². The summed E-state index contributed by atoms with van der Waals surface area (Å²) in [5, 5.41) is 24.2. The second-order valence-corrected chi connectivity index (χ2v) is 6.11. The van der Waals surface area contributed by atoms with Crippen molar-refractivity contribution in [2.45, 2.75) is 12.7 Å². The third-order valence-corrected chi connectivity index (χ3v) is 4.44. The van der Waals surface area contributed by atoms with Crippen molar-refractivity contribution in [1.82, 2.24) is 4.90 Å². The van der Waals surface area contributed by atoms with E-state index >= 15 is 0 Å². The maximum Gasteiger partial charge on any atom is 0.311 e. The predicted octanol–water partition coefficient (Wildman–Crippen LogP) is 3.66. The van der Waals surface area contributed by atoms with E-state index in [9.17, 15) is 20.0 Å². The first kappa shape index (κ1) is 16.6. The average molecular weight is 365 g/mol. The van der Waals surface area contributed by atoms with Crippen molar-refractivity contribution in [3.05, 3.63) is 87.9 Å². The largest absolute Gasteiger partial charge is 0.502 e. The van der Waals surface area contributed by atoms with Gasteiger partial charge in [0.15, 0.2) is 5.75 Å². The zero-order valence-corrected chi connectivity index (χ0v) is 14.0. The van der Waals surface area contributed by atoms with Gasteiger partial charge in [0.05, 0.1) is 23.3 Å². The summed E-state index contributed by atoms with van der Waals surface area (Å²) in [7, 11) is 0. The lowest BCUT2D eigenvalue weighted by atomic mass is 10.0. The molecule has 1 amide bonds. The van der Waals surface area contributed by atoms with Gasteiger partial charge < -0.3 is 19.7 Å². The van der Waals surface area contributed by atoms with Crippen molar-refractivity contribution in [2.24, 2.45) is 0 Å². The molecule has 27 heavy (non-hydrogen) atoms. The summed E-state index contributed by atoms with van der Waals surface area (Å²) in [6.07, 6.45) is 0.864. The van der Waals surface area contributed by atoms with E-state index in [0.29, 0.717) is 22.6 Å². The molecule has 0 saturated heterocycles. The Morgan fingerprint density at radius 1 is 1.19 bits per heavy atom. The summed E-state index contributed by atoms with van der Waals surface area (Å²) in [4.78, 5) is 25.1. The van der Waals surface area contributed by atoms with Crippen molar-refractivity contribution < 1.29 is 19.2 Å². The topological polar surface area (TPSA) is 109 Å². The predicted molar refractivity (Wildman–Crippen MR) is 96.1 cm³/mol. The highest BCUT2D eigenvalue weighted by atomic mass is 16.6. The van der Waals surface area contributed by atoms with Gasteiger partial charge in [-0.1, -0.05) is 18.2 Å². The molecule has 1 aliphatic heterocycles. The fraction of sp³-hybridized carbons (Fsp3) is 0.105. The summed E-state index contributed by atoms with van der Waals surface area (Å²) in [5.74, 6) is -0.0619. The number of hydrogen-bond acceptors (Lipinski definition) is 6. The summed E-state index contributed by atoms with van der Waals surface area (Å²) in [6.45, 7) is 0.187. The van der Waals surface area contributed by atoms with Gasteiger partial charge in [-0.05, 0) is 30.3 Å². The van der Waals surface area contributed by atoms with Gasteiger partial charge in [0.25, 0.3) is 5.91 Å². The molecule has 0 spiro atoms. The standard InChI is InChI=1S/C19H15N3O5/c23-17-8-7-12(10-16(17)22(25)26)18-20-15-6-2-1-5-14(15)19(24)21(18)11-13-4-3-9-27-13/h1-10,18,20,23H,11H2/t18-/m0/s1. The number of nitrogens with one attached hydrogen (secondary N) is 1. The number of nitrogens with zero attached hydrogens (tertiary/aromatic N) is 2. The number of aromatic hydroxyl groups is 1. The SMILES string of the molecule is O=C1c2ccccc2N[C@H](c2ccc(O)c([N+](=O)[O-])c2)N1Cc1ccco1. The lowest BCUT2D eigenvalue weighted by Gasteiger charge is -2.37. The summed E-state index contributed by atoms with van der Waals surface area (Å²) < 4.78 is 5.37. The van der Waals surface area contributed by atoms with Gasteiger partial charge >= 0.3 is 5.69 Å². The molecule has 1 aliphatic rings. The Labute approximate surface area is 153 Å². The van der Waals surface area contributed by atoms with Crippen molar-refractivity contribution in [3.63, 3.8) is 0 Å². The molecular formula is C19H15N3O5. The highest BCUT2D eigenvalue weighted by Crippen LogP contribution is 2.37. The summed E-state index contributed by atoms with van der Waals surface area (Å²) in [6, 6.07) is 14.6. The van der Waals surface area contributed by atoms with Crippen LogP contribution in [0.5, 0.6) is 5.75 Å². The molecule has 8 heteroatoms. The molecule has 1 atom stereocenters. The van der Waals surface area contributed by atoms with Crippen LogP contribution in [0.2, 0.25) is 0 Å². The first-order valence-electron chi connectivity index (χ1n) is 8.21. The Morgan fingerprint density at radius 3 is 2.74 bits per heavy atom. The van der Waals surface area contributed by atoms with E-state index in [1.165, 1.54) is 23.3 Å². The van der Waals surface area contributed by atoms with Gasteiger partial charge in [0, 0.05) is 17.3 Å². The summed E-state index contributed by atoms with van der Waals surface area (Å²) >= 11 is 0. The number of benzene rings is 2. The van der Waals surface area contributed by atoms with Crippen LogP contribution in [0, 0.1) is 10.1 Å². The minimum atomic E-state index is -0.658. The first-order chi connectivity index (χ1) is 13.0. The zero-order valence-electron chi connectivity index (χ0n) is 14.0. The number of phenols is 1. The lowest BCUT2D eigenvalue weighted by Crippen LogP contribution is -2.42. The van der Waals surface area contributed by atoms with E-state index < -0.39 is 22.5 Å². The number of rotatable bonds is 4. The van der Waals surface area contributed by atoms with Crippen LogP contribution in [0.3, 0.4) is 0 Å². The normalized spacial score (nSPS) is 15.9. The number of anilines is 1. The number of furan rings is 1. The number of fused-ring (bicyclic) bond motifs is 1. The first-order valence-corrected chi connectivity index (χ1v) is 8.21. The van der Waals surface area contributed by atoms with Crippen molar-refractivity contribution in [3.8, 4) is 5.75 Å². The lowest BCUT2D eigenvalue weighted by molar-refractivity contribution is -0.385. The minimum Gasteiger partial charge on any atom is -0.502 e. The molecule has 0 radical (unpaired) electrons. The Balaban J connectivity index is 1.79. The number of carbonyl (C=O) groups excluding carboxylic acids is 1. The molecule has 4 rings (SSSR count). The molecule has 8 nitrogen and oxygen atoms in total. The summed E-state index contributed by atoms with van der Waals surface area (Å²) in [5.41, 5.74) is 1.21. The Hall–Kier alpha value is -3.81. The van der Waals surface area contributed by atoms with Crippen LogP contribution in [0.1, 0.15) is 27.8 Å². The number of nitro benzene ring substituents is 1. The van der Waals surface area contributed by atoms with E-state index in [4.69, 9.17) is 4.42 Å². The molecule has 1 aromatic heterocycles. The van der Waals surface area contributed by atoms with Crippen LogP contribution in [0.15, 0.2) is 65.3 Å². The van der Waals surface area contributed by atoms with Crippen molar-refractivity contribution in [1.29, 1.82) is 0 Å².